The van der Waals surface area contributed by atoms with Crippen LogP contribution < -0.4 is 14.6 Å². The van der Waals surface area contributed by atoms with Crippen molar-refractivity contribution < 1.29 is 9.53 Å². The monoisotopic (exact) mass is 473 g/mol. The molecule has 0 saturated carbocycles. The van der Waals surface area contributed by atoms with Crippen molar-refractivity contribution in [2.75, 3.05) is 9.91 Å². The van der Waals surface area contributed by atoms with E-state index in [1.165, 1.54) is 0 Å². The third kappa shape index (κ3) is 4.35. The number of nitrogens with zero attached hydrogens (tertiary/aromatic N) is 3. The van der Waals surface area contributed by atoms with E-state index in [1.807, 2.05) is 88.1 Å². The number of amidine groups is 1. The maximum absolute atomic E-state index is 12.6. The fourth-order valence-corrected chi connectivity index (χ4v) is 4.64. The van der Waals surface area contributed by atoms with Crippen LogP contribution in [-0.4, -0.2) is 11.6 Å². The minimum Gasteiger partial charge on any atom is -0.457 e. The van der Waals surface area contributed by atoms with Crippen LogP contribution in [0.1, 0.15) is 18.0 Å². The molecule has 5 rings (SSSR count). The molecule has 0 N–H and O–H groups in total. The first-order valence-electron chi connectivity index (χ1n) is 10.4. The maximum atomic E-state index is 12.6. The van der Waals surface area contributed by atoms with Crippen molar-refractivity contribution in [3.05, 3.63) is 106 Å². The Labute approximate surface area is 201 Å². The van der Waals surface area contributed by atoms with Crippen LogP contribution >= 0.6 is 22.9 Å². The van der Waals surface area contributed by atoms with Gasteiger partial charge in [0.1, 0.15) is 11.5 Å². The number of carbonyl (C=O) groups is 1. The van der Waals surface area contributed by atoms with Gasteiger partial charge < -0.3 is 4.74 Å². The van der Waals surface area contributed by atoms with Crippen molar-refractivity contribution in [1.82, 2.24) is 0 Å². The summed E-state index contributed by atoms with van der Waals surface area (Å²) in [4.78, 5) is 15.7. The minimum atomic E-state index is -0.269. The lowest BCUT2D eigenvalue weighted by Crippen LogP contribution is -2.37. The first-order chi connectivity index (χ1) is 16.1. The van der Waals surface area contributed by atoms with E-state index in [9.17, 15) is 4.79 Å². The molecule has 0 spiro atoms. The Morgan fingerprint density at radius 1 is 0.879 bits per heavy atom. The summed E-state index contributed by atoms with van der Waals surface area (Å²) in [5.74, 6) is 1.68. The van der Waals surface area contributed by atoms with Gasteiger partial charge in [0.25, 0.3) is 0 Å². The van der Waals surface area contributed by atoms with E-state index in [0.29, 0.717) is 22.4 Å². The summed E-state index contributed by atoms with van der Waals surface area (Å²) >= 11 is 7.59. The van der Waals surface area contributed by atoms with Crippen LogP contribution in [0.15, 0.2) is 101 Å². The average molecular weight is 474 g/mol. The van der Waals surface area contributed by atoms with Gasteiger partial charge in [0.2, 0.25) is 0 Å². The van der Waals surface area contributed by atoms with Gasteiger partial charge in [-0.1, -0.05) is 35.9 Å². The van der Waals surface area contributed by atoms with Gasteiger partial charge in [0.05, 0.1) is 5.69 Å². The molecule has 1 unspecified atom stereocenters. The molecule has 0 bridgehead atoms. The summed E-state index contributed by atoms with van der Waals surface area (Å²) in [7, 11) is 0. The van der Waals surface area contributed by atoms with Crippen LogP contribution in [0.25, 0.3) is 0 Å². The lowest BCUT2D eigenvalue weighted by molar-refractivity contribution is -0.111. The maximum Gasteiger partial charge on any atom is 0.198 e. The van der Waals surface area contributed by atoms with Crippen molar-refractivity contribution in [3.8, 4) is 11.5 Å². The lowest BCUT2D eigenvalue weighted by atomic mass is 10.2. The van der Waals surface area contributed by atoms with Gasteiger partial charge in [-0.05, 0) is 72.1 Å². The molecule has 0 saturated heterocycles. The molecule has 0 fully saturated rings. The smallest absolute Gasteiger partial charge is 0.198 e. The molecule has 33 heavy (non-hydrogen) atoms. The van der Waals surface area contributed by atoms with E-state index in [1.54, 1.807) is 30.4 Å². The number of hydrazone groups is 1. The van der Waals surface area contributed by atoms with E-state index in [4.69, 9.17) is 21.4 Å². The molecule has 0 amide bonds. The topological polar surface area (TPSA) is 45.1 Å². The zero-order valence-corrected chi connectivity index (χ0v) is 19.3. The average Bonchev–Trinajstić information content (AvgIpc) is 3.50. The molecular weight excluding hydrogens is 454 g/mol. The van der Waals surface area contributed by atoms with Crippen LogP contribution in [0, 0.1) is 0 Å². The lowest BCUT2D eigenvalue weighted by Gasteiger charge is -2.31. The van der Waals surface area contributed by atoms with Crippen LogP contribution in [0.5, 0.6) is 11.5 Å². The predicted octanol–water partition coefficient (Wildman–Crippen LogP) is 7.12. The van der Waals surface area contributed by atoms with Crippen LogP contribution in [0.3, 0.4) is 0 Å². The number of carbonyl (C=O) groups excluding carboxylic acids is 1. The molecule has 1 atom stereocenters. The molecule has 1 aliphatic heterocycles. The van der Waals surface area contributed by atoms with Crippen LogP contribution in [0.2, 0.25) is 5.02 Å². The number of hydrogen-bond acceptors (Lipinski definition) is 6. The van der Waals surface area contributed by atoms with Gasteiger partial charge >= 0.3 is 0 Å². The molecule has 1 aliphatic rings. The number of hydrogen-bond donors (Lipinski definition) is 0. The zero-order chi connectivity index (χ0) is 22.8. The number of ether oxygens (including phenoxy) is 1. The molecule has 5 nitrogen and oxygen atoms in total. The van der Waals surface area contributed by atoms with Crippen molar-refractivity contribution in [3.63, 3.8) is 0 Å². The summed E-state index contributed by atoms with van der Waals surface area (Å²) in [5.41, 5.74) is 1.77. The number of halogens is 1. The first kappa shape index (κ1) is 21.2. The summed E-state index contributed by atoms with van der Waals surface area (Å²) in [6, 6.07) is 28.8. The third-order valence-corrected chi connectivity index (χ3v) is 6.37. The van der Waals surface area contributed by atoms with Gasteiger partial charge in [-0.25, -0.2) is 5.01 Å². The Morgan fingerprint density at radius 3 is 2.15 bits per heavy atom. The number of para-hydroxylation sites is 1. The van der Waals surface area contributed by atoms with Crippen LogP contribution in [0.4, 0.5) is 11.4 Å². The van der Waals surface area contributed by atoms with Gasteiger partial charge in [0.15, 0.2) is 17.8 Å². The van der Waals surface area contributed by atoms with Crippen molar-refractivity contribution >= 4 is 45.9 Å². The van der Waals surface area contributed by atoms with E-state index >= 15 is 0 Å². The minimum absolute atomic E-state index is 0.100. The number of anilines is 2. The van der Waals surface area contributed by atoms with Gasteiger partial charge in [-0.15, -0.1) is 16.4 Å². The SMILES string of the molecule is CC(=O)C1=NN(c2ccccc2)C(c2cccs2)N1c1ccc(Oc2ccc(Cl)cc2)cc1. The second-order valence-corrected chi connectivity index (χ2v) is 8.88. The molecule has 2 heterocycles. The largest absolute Gasteiger partial charge is 0.457 e. The summed E-state index contributed by atoms with van der Waals surface area (Å²) in [6.45, 7) is 1.55. The molecule has 3 aromatic carbocycles. The fraction of sp³-hybridized carbons (Fsp3) is 0.0769. The van der Waals surface area contributed by atoms with Crippen molar-refractivity contribution in [1.29, 1.82) is 0 Å². The van der Waals surface area contributed by atoms with Gasteiger partial charge in [-0.3, -0.25) is 9.69 Å². The van der Waals surface area contributed by atoms with Gasteiger partial charge in [0, 0.05) is 22.5 Å². The highest BCUT2D eigenvalue weighted by atomic mass is 35.5. The molecule has 0 aliphatic carbocycles. The molecule has 4 aromatic rings. The normalized spacial score (nSPS) is 15.5. The second-order valence-electron chi connectivity index (χ2n) is 7.47. The Morgan fingerprint density at radius 2 is 1.55 bits per heavy atom. The van der Waals surface area contributed by atoms with E-state index in [-0.39, 0.29) is 11.9 Å². The molecule has 0 radical (unpaired) electrons. The van der Waals surface area contributed by atoms with Crippen LogP contribution in [-0.2, 0) is 4.79 Å². The Bertz CT molecular complexity index is 1270. The second kappa shape index (κ2) is 9.10. The number of ketones is 1. The predicted molar refractivity (Wildman–Crippen MR) is 135 cm³/mol. The Kier molecular flexibility index (Phi) is 5.86. The van der Waals surface area contributed by atoms with Gasteiger partial charge in [-0.2, -0.15) is 0 Å². The first-order valence-corrected chi connectivity index (χ1v) is 11.7. The highest BCUT2D eigenvalue weighted by Crippen LogP contribution is 2.41. The summed E-state index contributed by atoms with van der Waals surface area (Å²) < 4.78 is 5.93. The Balaban J connectivity index is 1.51. The van der Waals surface area contributed by atoms with E-state index < -0.39 is 0 Å². The van der Waals surface area contributed by atoms with Crippen molar-refractivity contribution in [2.24, 2.45) is 5.10 Å². The molecule has 7 heteroatoms. The number of benzene rings is 3. The number of rotatable bonds is 6. The standard InChI is InChI=1S/C26H20ClN3O2S/c1-18(31)25-28-30(21-6-3-2-4-7-21)26(24-8-5-17-33-24)29(25)20-11-15-23(16-12-20)32-22-13-9-19(27)10-14-22/h2-17,26H,1H3. The van der Waals surface area contributed by atoms with Crippen molar-refractivity contribution in [2.45, 2.75) is 13.1 Å². The molecular formula is C26H20ClN3O2S. The quantitative estimate of drug-likeness (QED) is 0.299. The molecule has 1 aromatic heterocycles. The zero-order valence-electron chi connectivity index (χ0n) is 17.8. The summed E-state index contributed by atoms with van der Waals surface area (Å²) in [6.07, 6.45) is -0.269. The third-order valence-electron chi connectivity index (χ3n) is 5.20. The fourth-order valence-electron chi connectivity index (χ4n) is 3.71. The highest BCUT2D eigenvalue weighted by Gasteiger charge is 2.39. The number of Topliss-reactive ketones (excluding diaryl/α,β-unsaturated/α-hetero) is 1. The number of thiophene rings is 1. The summed E-state index contributed by atoms with van der Waals surface area (Å²) in [5, 5.41) is 9.34. The molecule has 164 valence electrons. The van der Waals surface area contributed by atoms with E-state index in [0.717, 1.165) is 16.3 Å². The van der Waals surface area contributed by atoms with E-state index in [2.05, 4.69) is 6.07 Å². The Hall–Kier alpha value is -3.61. The highest BCUT2D eigenvalue weighted by molar-refractivity contribution is 7.10.